The van der Waals surface area contributed by atoms with Gasteiger partial charge in [-0.15, -0.1) is 11.3 Å². The van der Waals surface area contributed by atoms with Crippen molar-refractivity contribution in [3.05, 3.63) is 57.8 Å². The van der Waals surface area contributed by atoms with Crippen LogP contribution in [0.1, 0.15) is 35.1 Å². The highest BCUT2D eigenvalue weighted by atomic mass is 32.1. The number of hydrogen-bond acceptors (Lipinski definition) is 3. The minimum Gasteiger partial charge on any atom is -0.461 e. The third-order valence-corrected chi connectivity index (χ3v) is 4.20. The number of esters is 1. The average molecular weight is 274 g/mol. The Morgan fingerprint density at radius 2 is 1.89 bits per heavy atom. The zero-order valence-corrected chi connectivity index (χ0v) is 12.1. The third kappa shape index (κ3) is 4.21. The van der Waals surface area contributed by atoms with Gasteiger partial charge in [-0.25, -0.2) is 0 Å². The molecule has 0 spiro atoms. The first-order valence-electron chi connectivity index (χ1n) is 6.43. The van der Waals surface area contributed by atoms with Crippen molar-refractivity contribution in [1.82, 2.24) is 0 Å². The van der Waals surface area contributed by atoms with E-state index in [4.69, 9.17) is 4.74 Å². The van der Waals surface area contributed by atoms with Crippen molar-refractivity contribution in [3.63, 3.8) is 0 Å². The number of rotatable bonds is 5. The third-order valence-electron chi connectivity index (χ3n) is 2.81. The molecular formula is C16H18O2S. The van der Waals surface area contributed by atoms with Crippen molar-refractivity contribution in [2.75, 3.05) is 0 Å². The van der Waals surface area contributed by atoms with Gasteiger partial charge in [-0.05, 0) is 23.6 Å². The van der Waals surface area contributed by atoms with Crippen LogP contribution in [0.25, 0.3) is 0 Å². The Morgan fingerprint density at radius 3 is 2.53 bits per heavy atom. The van der Waals surface area contributed by atoms with Crippen molar-refractivity contribution in [2.24, 2.45) is 0 Å². The standard InChI is InChI=1S/C16H18O2S/c1-12(2)15-9-8-14(19-15)10-16(17)18-11-13-6-4-3-5-7-13/h3-9,12H,10-11H2,1-2H3. The second kappa shape index (κ2) is 6.53. The van der Waals surface area contributed by atoms with Crippen molar-refractivity contribution >= 4 is 17.3 Å². The van der Waals surface area contributed by atoms with Crippen LogP contribution in [0.15, 0.2) is 42.5 Å². The zero-order valence-electron chi connectivity index (χ0n) is 11.3. The highest BCUT2D eigenvalue weighted by Gasteiger charge is 2.09. The summed E-state index contributed by atoms with van der Waals surface area (Å²) in [6.07, 6.45) is 0.365. The van der Waals surface area contributed by atoms with E-state index >= 15 is 0 Å². The van der Waals surface area contributed by atoms with Gasteiger partial charge in [0.1, 0.15) is 6.61 Å². The summed E-state index contributed by atoms with van der Waals surface area (Å²) >= 11 is 1.69. The van der Waals surface area contributed by atoms with Crippen LogP contribution in [-0.2, 0) is 22.6 Å². The number of hydrogen-bond donors (Lipinski definition) is 0. The summed E-state index contributed by atoms with van der Waals surface area (Å²) in [6, 6.07) is 13.8. The number of carbonyl (C=O) groups excluding carboxylic acids is 1. The number of benzene rings is 1. The van der Waals surface area contributed by atoms with Gasteiger partial charge in [0.25, 0.3) is 0 Å². The molecule has 19 heavy (non-hydrogen) atoms. The predicted molar refractivity (Wildman–Crippen MR) is 78.4 cm³/mol. The fourth-order valence-corrected chi connectivity index (χ4v) is 2.73. The van der Waals surface area contributed by atoms with Crippen LogP contribution in [-0.4, -0.2) is 5.97 Å². The van der Waals surface area contributed by atoms with Crippen LogP contribution in [0.4, 0.5) is 0 Å². The molecule has 1 heterocycles. The maximum absolute atomic E-state index is 11.7. The number of carbonyl (C=O) groups is 1. The largest absolute Gasteiger partial charge is 0.461 e. The molecule has 3 heteroatoms. The van der Waals surface area contributed by atoms with E-state index in [0.717, 1.165) is 10.4 Å². The van der Waals surface area contributed by atoms with Gasteiger partial charge >= 0.3 is 5.97 Å². The molecule has 0 bridgehead atoms. The molecule has 0 aliphatic rings. The Bertz CT molecular complexity index is 529. The predicted octanol–water partition coefficient (Wildman–Crippen LogP) is 4.16. The van der Waals surface area contributed by atoms with Crippen LogP contribution in [0.5, 0.6) is 0 Å². The second-order valence-electron chi connectivity index (χ2n) is 4.78. The fourth-order valence-electron chi connectivity index (χ4n) is 1.73. The van der Waals surface area contributed by atoms with Gasteiger partial charge in [0.2, 0.25) is 0 Å². The average Bonchev–Trinajstić information content (AvgIpc) is 2.86. The minimum absolute atomic E-state index is 0.166. The molecule has 0 amide bonds. The summed E-state index contributed by atoms with van der Waals surface area (Å²) in [5, 5.41) is 0. The van der Waals surface area contributed by atoms with E-state index in [0.29, 0.717) is 18.9 Å². The van der Waals surface area contributed by atoms with E-state index in [9.17, 15) is 4.79 Å². The first-order valence-corrected chi connectivity index (χ1v) is 7.25. The lowest BCUT2D eigenvalue weighted by Gasteiger charge is -2.04. The molecule has 0 unspecified atom stereocenters. The lowest BCUT2D eigenvalue weighted by Crippen LogP contribution is -2.06. The molecule has 0 atom stereocenters. The summed E-state index contributed by atoms with van der Waals surface area (Å²) < 4.78 is 5.27. The Hall–Kier alpha value is -1.61. The summed E-state index contributed by atoms with van der Waals surface area (Å²) in [4.78, 5) is 14.1. The molecule has 0 radical (unpaired) electrons. The first-order chi connectivity index (χ1) is 9.15. The molecule has 2 nitrogen and oxygen atoms in total. The molecule has 0 saturated carbocycles. The van der Waals surface area contributed by atoms with E-state index in [2.05, 4.69) is 19.9 Å². The molecule has 0 fully saturated rings. The molecular weight excluding hydrogens is 256 g/mol. The minimum atomic E-state index is -0.166. The number of thiophene rings is 1. The van der Waals surface area contributed by atoms with Crippen LogP contribution in [0, 0.1) is 0 Å². The van der Waals surface area contributed by atoms with Gasteiger partial charge in [0.05, 0.1) is 6.42 Å². The monoisotopic (exact) mass is 274 g/mol. The quantitative estimate of drug-likeness (QED) is 0.765. The smallest absolute Gasteiger partial charge is 0.311 e. The molecule has 100 valence electrons. The Morgan fingerprint density at radius 1 is 1.16 bits per heavy atom. The maximum Gasteiger partial charge on any atom is 0.311 e. The van der Waals surface area contributed by atoms with E-state index in [-0.39, 0.29) is 5.97 Å². The Balaban J connectivity index is 1.84. The molecule has 0 aliphatic heterocycles. The van der Waals surface area contributed by atoms with Crippen LogP contribution in [0.3, 0.4) is 0 Å². The van der Waals surface area contributed by atoms with Crippen molar-refractivity contribution in [2.45, 2.75) is 32.8 Å². The van der Waals surface area contributed by atoms with Crippen LogP contribution < -0.4 is 0 Å². The number of ether oxygens (including phenoxy) is 1. The van der Waals surface area contributed by atoms with Crippen LogP contribution in [0.2, 0.25) is 0 Å². The van der Waals surface area contributed by atoms with Gasteiger partial charge in [-0.1, -0.05) is 44.2 Å². The maximum atomic E-state index is 11.7. The van der Waals surface area contributed by atoms with Gasteiger partial charge < -0.3 is 4.74 Å². The first kappa shape index (κ1) is 13.8. The SMILES string of the molecule is CC(C)c1ccc(CC(=O)OCc2ccccc2)s1. The van der Waals surface area contributed by atoms with Gasteiger partial charge in [-0.2, -0.15) is 0 Å². The van der Waals surface area contributed by atoms with Crippen molar-refractivity contribution in [1.29, 1.82) is 0 Å². The topological polar surface area (TPSA) is 26.3 Å². The summed E-state index contributed by atoms with van der Waals surface area (Å²) in [5.74, 6) is 0.347. The second-order valence-corrected chi connectivity index (χ2v) is 5.98. The van der Waals surface area contributed by atoms with Gasteiger partial charge in [0.15, 0.2) is 0 Å². The highest BCUT2D eigenvalue weighted by Crippen LogP contribution is 2.24. The van der Waals surface area contributed by atoms with Gasteiger partial charge in [0, 0.05) is 9.75 Å². The summed E-state index contributed by atoms with van der Waals surface area (Å²) in [5.41, 5.74) is 1.02. The van der Waals surface area contributed by atoms with Crippen molar-refractivity contribution in [3.8, 4) is 0 Å². The molecule has 1 aromatic carbocycles. The molecule has 2 rings (SSSR count). The van der Waals surface area contributed by atoms with E-state index in [1.54, 1.807) is 11.3 Å². The summed E-state index contributed by atoms with van der Waals surface area (Å²) in [6.45, 7) is 4.66. The van der Waals surface area contributed by atoms with Gasteiger partial charge in [-0.3, -0.25) is 4.79 Å². The van der Waals surface area contributed by atoms with E-state index in [1.807, 2.05) is 36.4 Å². The van der Waals surface area contributed by atoms with Crippen LogP contribution >= 0.6 is 11.3 Å². The molecule has 0 saturated heterocycles. The molecule has 0 N–H and O–H groups in total. The lowest BCUT2D eigenvalue weighted by molar-refractivity contribution is -0.144. The normalized spacial score (nSPS) is 10.7. The lowest BCUT2D eigenvalue weighted by atomic mass is 10.2. The molecule has 0 aliphatic carbocycles. The highest BCUT2D eigenvalue weighted by molar-refractivity contribution is 7.12. The molecule has 1 aromatic heterocycles. The Labute approximate surface area is 118 Å². The van der Waals surface area contributed by atoms with Crippen molar-refractivity contribution < 1.29 is 9.53 Å². The van der Waals surface area contributed by atoms with E-state index in [1.165, 1.54) is 4.88 Å². The Kier molecular flexibility index (Phi) is 4.74. The summed E-state index contributed by atoms with van der Waals surface area (Å²) in [7, 11) is 0. The fraction of sp³-hybridized carbons (Fsp3) is 0.312. The zero-order chi connectivity index (χ0) is 13.7. The van der Waals surface area contributed by atoms with E-state index < -0.39 is 0 Å². The molecule has 2 aromatic rings.